The van der Waals surface area contributed by atoms with Gasteiger partial charge in [0.2, 0.25) is 0 Å². The van der Waals surface area contributed by atoms with E-state index in [0.29, 0.717) is 0 Å². The van der Waals surface area contributed by atoms with E-state index in [1.54, 1.807) is 0 Å². The van der Waals surface area contributed by atoms with Gasteiger partial charge in [0.25, 0.3) is 0 Å². The monoisotopic (exact) mass is 286 g/mol. The molecular formula is C5F9NaO2. The minimum Gasteiger partial charge on any atom is -0.544 e. The van der Waals surface area contributed by atoms with Gasteiger partial charge < -0.3 is 9.90 Å². The van der Waals surface area contributed by atoms with Crippen molar-refractivity contribution in [3.63, 3.8) is 0 Å². The SMILES string of the molecule is O=C([O-])C(F)(F)C(F)(F)C(F)(F)C(F)(F)F.[Na+]. The minimum absolute atomic E-state index is 0. The van der Waals surface area contributed by atoms with Crippen LogP contribution < -0.4 is 34.7 Å². The Morgan fingerprint density at radius 3 is 1.24 bits per heavy atom. The Bertz CT molecular complexity index is 296. The van der Waals surface area contributed by atoms with Crippen LogP contribution in [-0.4, -0.2) is 29.9 Å². The molecule has 0 radical (unpaired) electrons. The first-order chi connectivity index (χ1) is 6.69. The second kappa shape index (κ2) is 4.84. The fourth-order valence-electron chi connectivity index (χ4n) is 0.503. The topological polar surface area (TPSA) is 40.1 Å². The zero-order chi connectivity index (χ0) is 13.6. The predicted octanol–water partition coefficient (Wildman–Crippen LogP) is -1.79. The summed E-state index contributed by atoms with van der Waals surface area (Å²) in [6, 6.07) is 0. The second-order valence-corrected chi connectivity index (χ2v) is 2.51. The van der Waals surface area contributed by atoms with Gasteiger partial charge >= 0.3 is 53.5 Å². The van der Waals surface area contributed by atoms with Crippen LogP contribution in [0.4, 0.5) is 39.5 Å². The van der Waals surface area contributed by atoms with Gasteiger partial charge in [0, 0.05) is 0 Å². The molecule has 0 atom stereocenters. The Morgan fingerprint density at radius 2 is 1.06 bits per heavy atom. The summed E-state index contributed by atoms with van der Waals surface area (Å²) >= 11 is 0. The van der Waals surface area contributed by atoms with Crippen LogP contribution in [-0.2, 0) is 4.79 Å². The van der Waals surface area contributed by atoms with Gasteiger partial charge in [0.15, 0.2) is 0 Å². The maximum atomic E-state index is 12.1. The number of carboxylic acids is 1. The molecule has 0 aromatic rings. The number of hydrogen-bond donors (Lipinski definition) is 0. The summed E-state index contributed by atoms with van der Waals surface area (Å²) in [5, 5.41) is 9.40. The summed E-state index contributed by atoms with van der Waals surface area (Å²) in [4.78, 5) is 9.40. The van der Waals surface area contributed by atoms with Crippen LogP contribution in [0, 0.1) is 0 Å². The van der Waals surface area contributed by atoms with Crippen LogP contribution >= 0.6 is 0 Å². The standard InChI is InChI=1S/C5HF9O2.Na/c6-2(7,1(15)16)3(8,9)4(10,11)5(12,13)14;/h(H,15,16);/q;+1/p-1. The molecule has 0 amide bonds. The molecule has 0 heterocycles. The Hall–Kier alpha value is -0.160. The van der Waals surface area contributed by atoms with Gasteiger partial charge in [-0.15, -0.1) is 0 Å². The fraction of sp³-hybridized carbons (Fsp3) is 0.800. The first-order valence-electron chi connectivity index (χ1n) is 3.11. The average Bonchev–Trinajstić information content (AvgIpc) is 2.00. The van der Waals surface area contributed by atoms with E-state index in [1.165, 1.54) is 0 Å². The number of carbonyl (C=O) groups excluding carboxylic acids is 1. The van der Waals surface area contributed by atoms with E-state index in [1.807, 2.05) is 0 Å². The molecule has 0 fully saturated rings. The fourth-order valence-corrected chi connectivity index (χ4v) is 0.503. The van der Waals surface area contributed by atoms with Crippen molar-refractivity contribution in [3.05, 3.63) is 0 Å². The molecule has 0 spiro atoms. The third-order valence-corrected chi connectivity index (χ3v) is 1.40. The van der Waals surface area contributed by atoms with Crippen molar-refractivity contribution >= 4 is 5.97 Å². The Balaban J connectivity index is 0. The molecule has 0 aromatic carbocycles. The summed E-state index contributed by atoms with van der Waals surface area (Å²) in [7, 11) is 0. The summed E-state index contributed by atoms with van der Waals surface area (Å²) in [6.45, 7) is 0. The largest absolute Gasteiger partial charge is 1.00 e. The maximum Gasteiger partial charge on any atom is 1.00 e. The number of alkyl halides is 9. The summed E-state index contributed by atoms with van der Waals surface area (Å²) < 4.78 is 106. The number of carboxylic acid groups (broad SMARTS) is 1. The molecule has 0 saturated carbocycles. The molecule has 2 nitrogen and oxygen atoms in total. The first kappa shape index (κ1) is 19.2. The molecule has 12 heteroatoms. The number of hydrogen-bond acceptors (Lipinski definition) is 2. The minimum atomic E-state index is -7.20. The van der Waals surface area contributed by atoms with Crippen molar-refractivity contribution in [2.24, 2.45) is 0 Å². The molecule has 0 aromatic heterocycles. The smallest absolute Gasteiger partial charge is 0.544 e. The van der Waals surface area contributed by atoms with Gasteiger partial charge in [-0.1, -0.05) is 0 Å². The first-order valence-corrected chi connectivity index (χ1v) is 3.11. The molecule has 0 aliphatic rings. The van der Waals surface area contributed by atoms with E-state index in [2.05, 4.69) is 0 Å². The zero-order valence-electron chi connectivity index (χ0n) is 7.72. The Morgan fingerprint density at radius 1 is 0.765 bits per heavy atom. The van der Waals surface area contributed by atoms with Crippen LogP contribution in [0.2, 0.25) is 0 Å². The van der Waals surface area contributed by atoms with Crippen LogP contribution in [0.3, 0.4) is 0 Å². The van der Waals surface area contributed by atoms with Crippen molar-refractivity contribution in [2.75, 3.05) is 0 Å². The normalized spacial score (nSPS) is 14.2. The van der Waals surface area contributed by atoms with Crippen LogP contribution in [0.25, 0.3) is 0 Å². The predicted molar refractivity (Wildman–Crippen MR) is 25.9 cm³/mol. The van der Waals surface area contributed by atoms with E-state index in [4.69, 9.17) is 0 Å². The number of rotatable bonds is 3. The molecule has 0 N–H and O–H groups in total. The maximum absolute atomic E-state index is 12.1. The van der Waals surface area contributed by atoms with E-state index >= 15 is 0 Å². The molecule has 0 rings (SSSR count). The third kappa shape index (κ3) is 2.81. The molecule has 0 unspecified atom stereocenters. The van der Waals surface area contributed by atoms with E-state index in [0.717, 1.165) is 0 Å². The van der Waals surface area contributed by atoms with Gasteiger partial charge in [-0.2, -0.15) is 39.5 Å². The van der Waals surface area contributed by atoms with Crippen molar-refractivity contribution in [1.29, 1.82) is 0 Å². The number of carbonyl (C=O) groups is 1. The van der Waals surface area contributed by atoms with Crippen molar-refractivity contribution < 1.29 is 79.0 Å². The number of halogens is 9. The van der Waals surface area contributed by atoms with Crippen LogP contribution in [0.1, 0.15) is 0 Å². The zero-order valence-corrected chi connectivity index (χ0v) is 9.72. The third-order valence-electron chi connectivity index (χ3n) is 1.40. The molecule has 0 aliphatic carbocycles. The summed E-state index contributed by atoms with van der Waals surface area (Å²) in [5.41, 5.74) is 0. The molecule has 96 valence electrons. The molecular weight excluding hydrogens is 286 g/mol. The van der Waals surface area contributed by atoms with Gasteiger partial charge in [-0.25, -0.2) is 0 Å². The summed E-state index contributed by atoms with van der Waals surface area (Å²) in [6.07, 6.45) is -7.03. The van der Waals surface area contributed by atoms with E-state index < -0.39 is 29.9 Å². The van der Waals surface area contributed by atoms with E-state index in [9.17, 15) is 49.4 Å². The van der Waals surface area contributed by atoms with E-state index in [-0.39, 0.29) is 29.6 Å². The van der Waals surface area contributed by atoms with Crippen molar-refractivity contribution in [3.8, 4) is 0 Å². The Kier molecular flexibility index (Phi) is 5.47. The van der Waals surface area contributed by atoms with Gasteiger partial charge in [-0.3, -0.25) is 0 Å². The molecule has 0 aliphatic heterocycles. The quantitative estimate of drug-likeness (QED) is 0.454. The average molecular weight is 286 g/mol. The van der Waals surface area contributed by atoms with Crippen LogP contribution in [0.5, 0.6) is 0 Å². The molecule has 0 saturated heterocycles. The van der Waals surface area contributed by atoms with Crippen LogP contribution in [0.15, 0.2) is 0 Å². The van der Waals surface area contributed by atoms with Gasteiger partial charge in [-0.05, 0) is 0 Å². The number of aliphatic carboxylic acids is 1. The Labute approximate surface area is 109 Å². The van der Waals surface area contributed by atoms with Crippen molar-refractivity contribution in [2.45, 2.75) is 23.9 Å². The van der Waals surface area contributed by atoms with Gasteiger partial charge in [0.1, 0.15) is 5.97 Å². The molecule has 0 bridgehead atoms. The van der Waals surface area contributed by atoms with Gasteiger partial charge in [0.05, 0.1) is 0 Å². The summed E-state index contributed by atoms with van der Waals surface area (Å²) in [5.74, 6) is -25.1. The van der Waals surface area contributed by atoms with Crippen molar-refractivity contribution in [1.82, 2.24) is 0 Å². The molecule has 17 heavy (non-hydrogen) atoms. The second-order valence-electron chi connectivity index (χ2n) is 2.51.